The second kappa shape index (κ2) is 14.2. The molecule has 0 amide bonds. The molecule has 8 bridgehead atoms. The topological polar surface area (TPSA) is 122 Å². The van der Waals surface area contributed by atoms with Gasteiger partial charge in [0.25, 0.3) is 0 Å². The summed E-state index contributed by atoms with van der Waals surface area (Å²) in [4.78, 5) is 4.20. The number of para-hydroxylation sites is 1. The van der Waals surface area contributed by atoms with Crippen LogP contribution in [0.2, 0.25) is 0 Å². The molecular weight excluding hydrogens is 639 g/mol. The fourth-order valence-corrected chi connectivity index (χ4v) is 11.9. The number of hydrogen-bond acceptors (Lipinski definition) is 7. The molecule has 7 nitrogen and oxygen atoms in total. The molecule has 0 unspecified atom stereocenters. The molecule has 48 heavy (non-hydrogen) atoms. The molecule has 8 fully saturated rings. The Morgan fingerprint density at radius 2 is 1.29 bits per heavy atom. The van der Waals surface area contributed by atoms with Crippen molar-refractivity contribution in [2.24, 2.45) is 40.5 Å². The SMILES string of the molecule is CC(C)(C)c1cccc(C=NCCNCO)c1O.Oc1cc(C23CC4CC(CC(C4)C2)C3)cc(C23CC4CC(CC(C4)C2)C3)c1O.[O]=[V]. The van der Waals surface area contributed by atoms with Gasteiger partial charge in [-0.1, -0.05) is 39.0 Å². The quantitative estimate of drug-likeness (QED) is 0.0883. The fourth-order valence-electron chi connectivity index (χ4n) is 11.9. The number of phenols is 3. The third kappa shape index (κ3) is 7.04. The zero-order valence-corrected chi connectivity index (χ0v) is 30.5. The van der Waals surface area contributed by atoms with Gasteiger partial charge in [0.1, 0.15) is 5.75 Å². The standard InChI is InChI=1S/C26H34O2.C14H22N2O2.O.V/c27-23-8-21(25-9-15-1-16(10-25)3-17(2-15)11-25)7-22(24(23)28)26-12-18-4-19(13-26)6-20(5-18)14-26;1-14(2,3)12-6-4-5-11(13(12)18)9-15-7-8-16-10-17;;/h7-8,15-20,27-28H,1-6,9-14H2;4-6,9,16-18H,7-8,10H2,1-3H3;;. The van der Waals surface area contributed by atoms with E-state index in [9.17, 15) is 15.3 Å². The molecule has 0 atom stereocenters. The van der Waals surface area contributed by atoms with Crippen LogP contribution in [-0.2, 0) is 37.3 Å². The number of aromatic hydroxyl groups is 3. The Morgan fingerprint density at radius 3 is 1.77 bits per heavy atom. The van der Waals surface area contributed by atoms with E-state index in [0.717, 1.165) is 69.6 Å². The fraction of sp³-hybridized carbons (Fsp3) is 0.675. The molecule has 8 aliphatic rings. The van der Waals surface area contributed by atoms with E-state index in [2.05, 4.69) is 37.1 Å². The van der Waals surface area contributed by atoms with Crippen LogP contribution < -0.4 is 5.32 Å². The molecular formula is C40H56N2O5V. The Hall–Kier alpha value is -2.19. The number of nitrogens with one attached hydrogen (secondary N) is 1. The Morgan fingerprint density at radius 1 is 0.792 bits per heavy atom. The summed E-state index contributed by atoms with van der Waals surface area (Å²) in [5.41, 5.74) is 4.51. The molecule has 2 aromatic carbocycles. The van der Waals surface area contributed by atoms with E-state index in [1.54, 1.807) is 6.21 Å². The van der Waals surface area contributed by atoms with Crippen LogP contribution in [0.4, 0.5) is 0 Å². The normalized spacial score (nSPS) is 34.1. The van der Waals surface area contributed by atoms with Gasteiger partial charge < -0.3 is 20.4 Å². The summed E-state index contributed by atoms with van der Waals surface area (Å²) in [5, 5.41) is 43.3. The van der Waals surface area contributed by atoms with E-state index in [0.29, 0.717) is 18.8 Å². The van der Waals surface area contributed by atoms with Gasteiger partial charge in [-0.05, 0) is 152 Å². The van der Waals surface area contributed by atoms with Gasteiger partial charge in [-0.25, -0.2) is 0 Å². The van der Waals surface area contributed by atoms with E-state index in [1.807, 2.05) is 24.3 Å². The Kier molecular flexibility index (Phi) is 10.5. The molecule has 0 aliphatic heterocycles. The summed E-state index contributed by atoms with van der Waals surface area (Å²) in [6.07, 6.45) is 18.0. The van der Waals surface area contributed by atoms with E-state index < -0.39 is 0 Å². The zero-order chi connectivity index (χ0) is 34.3. The summed E-state index contributed by atoms with van der Waals surface area (Å²) < 4.78 is 8.19. The van der Waals surface area contributed by atoms with Crippen molar-refractivity contribution in [2.75, 3.05) is 19.8 Å². The first kappa shape index (κ1) is 35.6. The van der Waals surface area contributed by atoms with Crippen LogP contribution in [0.5, 0.6) is 17.2 Å². The van der Waals surface area contributed by atoms with Gasteiger partial charge in [0.15, 0.2) is 11.5 Å². The van der Waals surface area contributed by atoms with E-state index >= 15 is 0 Å². The molecule has 10 rings (SSSR count). The molecule has 8 heteroatoms. The summed E-state index contributed by atoms with van der Waals surface area (Å²) in [5.74, 6) is 5.97. The Bertz CT molecular complexity index is 1410. The molecule has 0 radical (unpaired) electrons. The molecule has 0 heterocycles. The summed E-state index contributed by atoms with van der Waals surface area (Å²) in [7, 11) is 0. The summed E-state index contributed by atoms with van der Waals surface area (Å²) >= 11 is 1.06. The van der Waals surface area contributed by atoms with Gasteiger partial charge in [-0.15, -0.1) is 0 Å². The average Bonchev–Trinajstić information content (AvgIpc) is 3.02. The molecule has 261 valence electrons. The maximum atomic E-state index is 11.0. The van der Waals surface area contributed by atoms with Crippen LogP contribution in [0, 0.1) is 35.5 Å². The second-order valence-corrected chi connectivity index (χ2v) is 17.5. The molecule has 0 saturated heterocycles. The third-order valence-corrected chi connectivity index (χ3v) is 13.0. The van der Waals surface area contributed by atoms with Crippen LogP contribution in [-0.4, -0.2) is 46.5 Å². The number of phenolic OH excluding ortho intramolecular Hbond substituents is 3. The van der Waals surface area contributed by atoms with E-state index in [1.165, 1.54) is 82.6 Å². The number of hydrogen-bond donors (Lipinski definition) is 5. The Balaban J connectivity index is 0.000000176. The van der Waals surface area contributed by atoms with Gasteiger partial charge in [0.2, 0.25) is 0 Å². The first-order chi connectivity index (χ1) is 23.0. The van der Waals surface area contributed by atoms with E-state index in [4.69, 9.17) is 8.78 Å². The summed E-state index contributed by atoms with van der Waals surface area (Å²) in [6.45, 7) is 7.34. The van der Waals surface area contributed by atoms with Crippen molar-refractivity contribution >= 4 is 6.21 Å². The van der Waals surface area contributed by atoms with E-state index in [-0.39, 0.29) is 34.5 Å². The van der Waals surface area contributed by atoms with Crippen LogP contribution in [0.3, 0.4) is 0 Å². The predicted molar refractivity (Wildman–Crippen MR) is 185 cm³/mol. The van der Waals surface area contributed by atoms with Crippen LogP contribution in [0.25, 0.3) is 0 Å². The maximum absolute atomic E-state index is 11.0. The number of aliphatic hydroxyl groups excluding tert-OH is 1. The number of aliphatic hydroxyl groups is 1. The molecule has 8 aliphatic carbocycles. The van der Waals surface area contributed by atoms with Crippen molar-refractivity contribution < 1.29 is 41.5 Å². The van der Waals surface area contributed by atoms with Crippen molar-refractivity contribution in [3.05, 3.63) is 52.6 Å². The van der Waals surface area contributed by atoms with Gasteiger partial charge in [0.05, 0.1) is 13.3 Å². The number of aliphatic imine (C=N–C) groups is 1. The van der Waals surface area contributed by atoms with Crippen molar-refractivity contribution in [3.8, 4) is 17.2 Å². The molecule has 2 aromatic rings. The van der Waals surface area contributed by atoms with Gasteiger partial charge in [0, 0.05) is 23.9 Å². The third-order valence-electron chi connectivity index (χ3n) is 13.0. The number of benzene rings is 2. The van der Waals surface area contributed by atoms with Crippen molar-refractivity contribution in [2.45, 2.75) is 114 Å². The van der Waals surface area contributed by atoms with Gasteiger partial charge >= 0.3 is 21.0 Å². The number of nitrogens with zero attached hydrogens (tertiary/aromatic N) is 1. The van der Waals surface area contributed by atoms with Crippen molar-refractivity contribution in [3.63, 3.8) is 0 Å². The Labute approximate surface area is 296 Å². The minimum absolute atomic E-state index is 0.0414. The number of rotatable bonds is 7. The second-order valence-electron chi connectivity index (χ2n) is 17.5. The average molecular weight is 696 g/mol. The first-order valence-corrected chi connectivity index (χ1v) is 18.9. The van der Waals surface area contributed by atoms with Gasteiger partial charge in [-0.3, -0.25) is 10.3 Å². The minimum atomic E-state index is -0.0909. The molecule has 0 aromatic heterocycles. The van der Waals surface area contributed by atoms with Gasteiger partial charge in [-0.2, -0.15) is 0 Å². The van der Waals surface area contributed by atoms with Crippen LogP contribution in [0.1, 0.15) is 120 Å². The molecule has 8 saturated carbocycles. The first-order valence-electron chi connectivity index (χ1n) is 18.4. The predicted octanol–water partition coefficient (Wildman–Crippen LogP) is 7.56. The van der Waals surface area contributed by atoms with Crippen LogP contribution in [0.15, 0.2) is 35.3 Å². The zero-order valence-electron chi connectivity index (χ0n) is 29.1. The van der Waals surface area contributed by atoms with Crippen molar-refractivity contribution in [1.82, 2.24) is 5.32 Å². The van der Waals surface area contributed by atoms with Crippen molar-refractivity contribution in [1.29, 1.82) is 0 Å². The molecule has 5 N–H and O–H groups in total. The molecule has 0 spiro atoms. The monoisotopic (exact) mass is 695 g/mol. The summed E-state index contributed by atoms with van der Waals surface area (Å²) in [6, 6.07) is 10.1. The van der Waals surface area contributed by atoms with Crippen LogP contribution >= 0.6 is 0 Å².